The van der Waals surface area contributed by atoms with Gasteiger partial charge in [-0.25, -0.2) is 0 Å². The van der Waals surface area contributed by atoms with Gasteiger partial charge in [0.1, 0.15) is 5.75 Å². The van der Waals surface area contributed by atoms with Crippen molar-refractivity contribution in [3.63, 3.8) is 0 Å². The van der Waals surface area contributed by atoms with Gasteiger partial charge in [-0.3, -0.25) is 4.79 Å². The van der Waals surface area contributed by atoms with E-state index < -0.39 is 0 Å². The van der Waals surface area contributed by atoms with Crippen molar-refractivity contribution in [2.45, 2.75) is 52.9 Å². The van der Waals surface area contributed by atoms with Crippen LogP contribution >= 0.6 is 0 Å². The highest BCUT2D eigenvalue weighted by Gasteiger charge is 2.43. The first-order valence-electron chi connectivity index (χ1n) is 7.77. The Kier molecular flexibility index (Phi) is 3.15. The number of aromatic hydroxyl groups is 1. The third-order valence-electron chi connectivity index (χ3n) is 5.57. The maximum absolute atomic E-state index is 12.9. The minimum Gasteiger partial charge on any atom is -0.508 e. The molecule has 1 fully saturated rings. The molecule has 0 saturated heterocycles. The Bertz CT molecular complexity index is 557. The lowest BCUT2D eigenvalue weighted by Gasteiger charge is -2.42. The van der Waals surface area contributed by atoms with Crippen LogP contribution in [0.2, 0.25) is 0 Å². The molecule has 3 rings (SSSR count). The molecule has 1 aromatic carbocycles. The van der Waals surface area contributed by atoms with Crippen LogP contribution in [0.25, 0.3) is 0 Å². The predicted molar refractivity (Wildman–Crippen MR) is 80.1 cm³/mol. The molecule has 2 heteroatoms. The second kappa shape index (κ2) is 4.61. The highest BCUT2D eigenvalue weighted by atomic mass is 16.3. The van der Waals surface area contributed by atoms with Crippen molar-refractivity contribution < 1.29 is 9.90 Å². The first-order chi connectivity index (χ1) is 9.40. The normalized spacial score (nSPS) is 28.4. The topological polar surface area (TPSA) is 37.3 Å². The van der Waals surface area contributed by atoms with Gasteiger partial charge in [0.15, 0.2) is 5.78 Å². The molecule has 0 aromatic heterocycles. The summed E-state index contributed by atoms with van der Waals surface area (Å²) in [5.74, 6) is 1.16. The van der Waals surface area contributed by atoms with E-state index in [1.807, 2.05) is 13.0 Å². The molecule has 0 radical (unpaired) electrons. The molecule has 1 saturated carbocycles. The highest BCUT2D eigenvalue weighted by molar-refractivity contribution is 6.00. The first kappa shape index (κ1) is 13.7. The summed E-state index contributed by atoms with van der Waals surface area (Å²) in [5.41, 5.74) is 3.05. The van der Waals surface area contributed by atoms with Gasteiger partial charge in [-0.2, -0.15) is 0 Å². The SMILES string of the molecule is Cc1cc2c(cc1O)C(=O)C1CCCC(C)(C)C1CC2. The number of benzene rings is 1. The molecule has 2 aliphatic rings. The van der Waals surface area contributed by atoms with Crippen LogP contribution in [0.5, 0.6) is 5.75 Å². The van der Waals surface area contributed by atoms with Crippen LogP contribution in [0.15, 0.2) is 12.1 Å². The van der Waals surface area contributed by atoms with Gasteiger partial charge in [0, 0.05) is 11.5 Å². The minimum atomic E-state index is 0.155. The smallest absolute Gasteiger partial charge is 0.166 e. The number of fused-ring (bicyclic) bond motifs is 2. The fourth-order valence-electron chi connectivity index (χ4n) is 4.32. The van der Waals surface area contributed by atoms with E-state index in [0.29, 0.717) is 5.92 Å². The van der Waals surface area contributed by atoms with Crippen molar-refractivity contribution >= 4 is 5.78 Å². The van der Waals surface area contributed by atoms with Gasteiger partial charge in [-0.1, -0.05) is 26.3 Å². The minimum absolute atomic E-state index is 0.155. The van der Waals surface area contributed by atoms with Crippen LogP contribution in [-0.4, -0.2) is 10.9 Å². The van der Waals surface area contributed by atoms with Crippen molar-refractivity contribution in [3.8, 4) is 5.75 Å². The Morgan fingerprint density at radius 1 is 1.25 bits per heavy atom. The zero-order valence-electron chi connectivity index (χ0n) is 12.7. The van der Waals surface area contributed by atoms with E-state index in [9.17, 15) is 9.90 Å². The van der Waals surface area contributed by atoms with Gasteiger partial charge in [0.25, 0.3) is 0 Å². The van der Waals surface area contributed by atoms with Gasteiger partial charge in [0.05, 0.1) is 0 Å². The maximum Gasteiger partial charge on any atom is 0.166 e. The summed E-state index contributed by atoms with van der Waals surface area (Å²) >= 11 is 0. The second-order valence-electron chi connectivity index (χ2n) is 7.29. The molecule has 1 aromatic rings. The van der Waals surface area contributed by atoms with Gasteiger partial charge in [0.2, 0.25) is 0 Å². The molecule has 2 aliphatic carbocycles. The first-order valence-corrected chi connectivity index (χ1v) is 7.77. The van der Waals surface area contributed by atoms with E-state index in [1.54, 1.807) is 6.07 Å². The lowest BCUT2D eigenvalue weighted by molar-refractivity contribution is 0.0522. The van der Waals surface area contributed by atoms with E-state index in [0.717, 1.165) is 42.4 Å². The number of phenols is 1. The van der Waals surface area contributed by atoms with Crippen molar-refractivity contribution in [2.75, 3.05) is 0 Å². The van der Waals surface area contributed by atoms with Crippen LogP contribution in [0.1, 0.15) is 61.0 Å². The van der Waals surface area contributed by atoms with E-state index in [-0.39, 0.29) is 22.9 Å². The summed E-state index contributed by atoms with van der Waals surface area (Å²) in [6.07, 6.45) is 5.45. The van der Waals surface area contributed by atoms with E-state index in [2.05, 4.69) is 13.8 Å². The summed E-state index contributed by atoms with van der Waals surface area (Å²) in [6, 6.07) is 3.71. The Hall–Kier alpha value is -1.31. The predicted octanol–water partition coefficient (Wildman–Crippen LogP) is 4.27. The maximum atomic E-state index is 12.9. The van der Waals surface area contributed by atoms with Gasteiger partial charge >= 0.3 is 0 Å². The highest BCUT2D eigenvalue weighted by Crippen LogP contribution is 2.49. The molecular weight excluding hydrogens is 248 g/mol. The van der Waals surface area contributed by atoms with E-state index in [1.165, 1.54) is 6.42 Å². The van der Waals surface area contributed by atoms with Gasteiger partial charge < -0.3 is 5.11 Å². The molecule has 0 amide bonds. The van der Waals surface area contributed by atoms with Crippen molar-refractivity contribution in [3.05, 3.63) is 28.8 Å². The summed E-state index contributed by atoms with van der Waals surface area (Å²) in [7, 11) is 0. The number of hydrogen-bond donors (Lipinski definition) is 1. The van der Waals surface area contributed by atoms with E-state index in [4.69, 9.17) is 0 Å². The number of ketones is 1. The fourth-order valence-corrected chi connectivity index (χ4v) is 4.32. The Labute approximate surface area is 121 Å². The zero-order chi connectivity index (χ0) is 14.5. The lowest BCUT2D eigenvalue weighted by atomic mass is 9.61. The zero-order valence-corrected chi connectivity index (χ0v) is 12.7. The van der Waals surface area contributed by atoms with Crippen LogP contribution < -0.4 is 0 Å². The number of rotatable bonds is 0. The molecule has 0 heterocycles. The summed E-state index contributed by atoms with van der Waals surface area (Å²) < 4.78 is 0. The molecule has 0 spiro atoms. The van der Waals surface area contributed by atoms with E-state index >= 15 is 0 Å². The van der Waals surface area contributed by atoms with Crippen LogP contribution in [0, 0.1) is 24.2 Å². The molecule has 108 valence electrons. The Morgan fingerprint density at radius 3 is 2.75 bits per heavy atom. The largest absolute Gasteiger partial charge is 0.508 e. The van der Waals surface area contributed by atoms with Gasteiger partial charge in [-0.15, -0.1) is 0 Å². The number of carbonyl (C=O) groups excluding carboxylic acids is 1. The van der Waals surface area contributed by atoms with Crippen molar-refractivity contribution in [1.82, 2.24) is 0 Å². The summed E-state index contributed by atoms with van der Waals surface area (Å²) in [4.78, 5) is 12.9. The average molecular weight is 272 g/mol. The van der Waals surface area contributed by atoms with Crippen molar-refractivity contribution in [2.24, 2.45) is 17.3 Å². The molecule has 2 nitrogen and oxygen atoms in total. The number of hydrogen-bond acceptors (Lipinski definition) is 2. The fraction of sp³-hybridized carbons (Fsp3) is 0.611. The number of Topliss-reactive ketones (excluding diaryl/α,β-unsaturated/α-hetero) is 1. The second-order valence-corrected chi connectivity index (χ2v) is 7.29. The molecule has 20 heavy (non-hydrogen) atoms. The summed E-state index contributed by atoms with van der Waals surface area (Å²) in [5, 5.41) is 9.93. The molecular formula is C18H24O2. The third-order valence-corrected chi connectivity index (χ3v) is 5.57. The Balaban J connectivity index is 2.06. The number of phenolic OH excluding ortho intramolecular Hbond substituents is 1. The summed E-state index contributed by atoms with van der Waals surface area (Å²) in [6.45, 7) is 6.54. The van der Waals surface area contributed by atoms with Gasteiger partial charge in [-0.05, 0) is 61.1 Å². The average Bonchev–Trinajstić information content (AvgIpc) is 2.51. The third kappa shape index (κ3) is 2.06. The molecule has 1 N–H and O–H groups in total. The monoisotopic (exact) mass is 272 g/mol. The quantitative estimate of drug-likeness (QED) is 0.765. The standard InChI is InChI=1S/C18H24O2/c1-11-9-12-6-7-15-13(5-4-8-18(15,2)3)17(20)14(12)10-16(11)19/h9-10,13,15,19H,4-8H2,1-3H3. The van der Waals surface area contributed by atoms with Crippen LogP contribution in [0.4, 0.5) is 0 Å². The lowest BCUT2D eigenvalue weighted by Crippen LogP contribution is -2.38. The molecule has 0 bridgehead atoms. The number of carbonyl (C=O) groups is 1. The van der Waals surface area contributed by atoms with Crippen LogP contribution in [0.3, 0.4) is 0 Å². The molecule has 0 aliphatic heterocycles. The van der Waals surface area contributed by atoms with Crippen molar-refractivity contribution in [1.29, 1.82) is 0 Å². The molecule has 2 atom stereocenters. The van der Waals surface area contributed by atoms with Crippen LogP contribution in [-0.2, 0) is 6.42 Å². The molecule has 2 unspecified atom stereocenters. The Morgan fingerprint density at radius 2 is 2.00 bits per heavy atom. The number of aryl methyl sites for hydroxylation is 2.